The Morgan fingerprint density at radius 1 is 1.03 bits per heavy atom. The number of ether oxygens (including phenoxy) is 3. The van der Waals surface area contributed by atoms with Crippen molar-refractivity contribution >= 4 is 11.6 Å². The molecule has 162 valence electrons. The molecule has 3 rings (SSSR count). The fourth-order valence-corrected chi connectivity index (χ4v) is 3.67. The number of aryl methyl sites for hydroxylation is 1. The van der Waals surface area contributed by atoms with Gasteiger partial charge >= 0.3 is 0 Å². The molecular formula is C23H32N4O3. The van der Waals surface area contributed by atoms with E-state index in [0.29, 0.717) is 24.1 Å². The standard InChI is InChI=1S/C23H32N4O3/c1-16-6-8-19(9-7-16)27-11-10-18(15-27)26-23(24-2)25-14-17-12-21(29-4)22(30-5)13-20(17)28-3/h6-9,12-13,18H,10-11,14-15H2,1-5H3,(H2,24,25,26). The molecule has 0 saturated carbocycles. The Balaban J connectivity index is 1.60. The lowest BCUT2D eigenvalue weighted by atomic mass is 10.1. The Morgan fingerprint density at radius 3 is 2.33 bits per heavy atom. The minimum absolute atomic E-state index is 0.338. The van der Waals surface area contributed by atoms with Crippen molar-refractivity contribution in [3.63, 3.8) is 0 Å². The van der Waals surface area contributed by atoms with Crippen molar-refractivity contribution in [2.75, 3.05) is 46.4 Å². The van der Waals surface area contributed by atoms with E-state index in [9.17, 15) is 0 Å². The van der Waals surface area contributed by atoms with E-state index in [4.69, 9.17) is 14.2 Å². The summed E-state index contributed by atoms with van der Waals surface area (Å²) in [6, 6.07) is 12.8. The SMILES string of the molecule is CN=C(NCc1cc(OC)c(OC)cc1OC)NC1CCN(c2ccc(C)cc2)C1. The summed E-state index contributed by atoms with van der Waals surface area (Å²) in [7, 11) is 6.67. The lowest BCUT2D eigenvalue weighted by Gasteiger charge is -2.21. The summed E-state index contributed by atoms with van der Waals surface area (Å²) >= 11 is 0. The van der Waals surface area contributed by atoms with Crippen LogP contribution in [0.15, 0.2) is 41.4 Å². The number of benzene rings is 2. The summed E-state index contributed by atoms with van der Waals surface area (Å²) in [5.74, 6) is 2.81. The molecule has 7 nitrogen and oxygen atoms in total. The van der Waals surface area contributed by atoms with Crippen LogP contribution in [0.1, 0.15) is 17.5 Å². The molecule has 1 aliphatic rings. The van der Waals surface area contributed by atoms with Crippen LogP contribution in [0.4, 0.5) is 5.69 Å². The number of hydrogen-bond donors (Lipinski definition) is 2. The van der Waals surface area contributed by atoms with Gasteiger partial charge in [-0.15, -0.1) is 0 Å². The molecule has 0 spiro atoms. The summed E-state index contributed by atoms with van der Waals surface area (Å²) in [6.45, 7) is 4.64. The Hall–Kier alpha value is -3.09. The van der Waals surface area contributed by atoms with Crippen LogP contribution in [-0.2, 0) is 6.54 Å². The molecule has 2 N–H and O–H groups in total. The van der Waals surface area contributed by atoms with Crippen molar-refractivity contribution in [3.8, 4) is 17.2 Å². The smallest absolute Gasteiger partial charge is 0.191 e. The van der Waals surface area contributed by atoms with Crippen LogP contribution in [0.5, 0.6) is 17.2 Å². The molecule has 0 aliphatic carbocycles. The quantitative estimate of drug-likeness (QED) is 0.538. The molecule has 7 heteroatoms. The van der Waals surface area contributed by atoms with Crippen molar-refractivity contribution in [1.29, 1.82) is 0 Å². The Labute approximate surface area is 179 Å². The van der Waals surface area contributed by atoms with Crippen LogP contribution in [0.3, 0.4) is 0 Å². The molecule has 2 aromatic carbocycles. The molecule has 0 bridgehead atoms. The number of hydrogen-bond acceptors (Lipinski definition) is 5. The zero-order valence-corrected chi connectivity index (χ0v) is 18.5. The third-order valence-electron chi connectivity index (χ3n) is 5.38. The van der Waals surface area contributed by atoms with E-state index in [-0.39, 0.29) is 0 Å². The highest BCUT2D eigenvalue weighted by atomic mass is 16.5. The number of rotatable bonds is 7. The Morgan fingerprint density at radius 2 is 1.70 bits per heavy atom. The summed E-state index contributed by atoms with van der Waals surface area (Å²) in [4.78, 5) is 6.79. The van der Waals surface area contributed by atoms with Gasteiger partial charge < -0.3 is 29.7 Å². The average Bonchev–Trinajstić information content (AvgIpc) is 3.24. The molecule has 1 heterocycles. The van der Waals surface area contributed by atoms with E-state index >= 15 is 0 Å². The van der Waals surface area contributed by atoms with E-state index in [0.717, 1.165) is 36.8 Å². The van der Waals surface area contributed by atoms with Crippen molar-refractivity contribution in [1.82, 2.24) is 10.6 Å². The Kier molecular flexibility index (Phi) is 7.27. The van der Waals surface area contributed by atoms with Gasteiger partial charge in [-0.05, 0) is 31.5 Å². The van der Waals surface area contributed by atoms with Gasteiger partial charge in [0, 0.05) is 50.0 Å². The van der Waals surface area contributed by atoms with Gasteiger partial charge in [0.1, 0.15) is 5.75 Å². The van der Waals surface area contributed by atoms with Gasteiger partial charge in [-0.1, -0.05) is 17.7 Å². The molecule has 1 unspecified atom stereocenters. The maximum absolute atomic E-state index is 5.52. The van der Waals surface area contributed by atoms with Crippen molar-refractivity contribution in [3.05, 3.63) is 47.5 Å². The number of anilines is 1. The predicted octanol–water partition coefficient (Wildman–Crippen LogP) is 2.96. The van der Waals surface area contributed by atoms with Crippen molar-refractivity contribution in [2.24, 2.45) is 4.99 Å². The maximum Gasteiger partial charge on any atom is 0.191 e. The second kappa shape index (κ2) is 10.1. The van der Waals surface area contributed by atoms with E-state index in [1.165, 1.54) is 11.3 Å². The zero-order chi connectivity index (χ0) is 21.5. The van der Waals surface area contributed by atoms with Crippen LogP contribution in [0, 0.1) is 6.92 Å². The van der Waals surface area contributed by atoms with Crippen LogP contribution >= 0.6 is 0 Å². The van der Waals surface area contributed by atoms with Crippen LogP contribution in [0.25, 0.3) is 0 Å². The molecule has 0 radical (unpaired) electrons. The second-order valence-electron chi connectivity index (χ2n) is 7.36. The Bertz CT molecular complexity index is 867. The minimum Gasteiger partial charge on any atom is -0.496 e. The number of nitrogens with one attached hydrogen (secondary N) is 2. The largest absolute Gasteiger partial charge is 0.496 e. The number of guanidine groups is 1. The lowest BCUT2D eigenvalue weighted by Crippen LogP contribution is -2.44. The van der Waals surface area contributed by atoms with Gasteiger partial charge in [-0.3, -0.25) is 4.99 Å². The maximum atomic E-state index is 5.52. The fraction of sp³-hybridized carbons (Fsp3) is 0.435. The first kappa shape index (κ1) is 21.6. The van der Waals surface area contributed by atoms with Gasteiger partial charge in [0.2, 0.25) is 0 Å². The summed E-state index contributed by atoms with van der Waals surface area (Å²) < 4.78 is 16.3. The zero-order valence-electron chi connectivity index (χ0n) is 18.5. The first-order valence-electron chi connectivity index (χ1n) is 10.2. The molecule has 1 saturated heterocycles. The fourth-order valence-electron chi connectivity index (χ4n) is 3.67. The lowest BCUT2D eigenvalue weighted by molar-refractivity contribution is 0.347. The third kappa shape index (κ3) is 5.09. The molecular weight excluding hydrogens is 380 g/mol. The summed E-state index contributed by atoms with van der Waals surface area (Å²) in [5.41, 5.74) is 3.51. The first-order valence-corrected chi connectivity index (χ1v) is 10.2. The van der Waals surface area contributed by atoms with Crippen LogP contribution in [0.2, 0.25) is 0 Å². The summed E-state index contributed by atoms with van der Waals surface area (Å²) in [6.07, 6.45) is 1.06. The minimum atomic E-state index is 0.338. The van der Waals surface area contributed by atoms with Crippen LogP contribution < -0.4 is 29.7 Å². The van der Waals surface area contributed by atoms with E-state index in [1.807, 2.05) is 12.1 Å². The van der Waals surface area contributed by atoms with E-state index < -0.39 is 0 Å². The second-order valence-corrected chi connectivity index (χ2v) is 7.36. The van der Waals surface area contributed by atoms with Crippen molar-refractivity contribution in [2.45, 2.75) is 25.9 Å². The van der Waals surface area contributed by atoms with Crippen LogP contribution in [-0.4, -0.2) is 53.5 Å². The summed E-state index contributed by atoms with van der Waals surface area (Å²) in [5, 5.41) is 6.92. The molecule has 1 atom stereocenters. The molecule has 1 aliphatic heterocycles. The third-order valence-corrected chi connectivity index (χ3v) is 5.38. The topological polar surface area (TPSA) is 67.4 Å². The highest BCUT2D eigenvalue weighted by Crippen LogP contribution is 2.34. The normalized spacial score (nSPS) is 16.4. The van der Waals surface area contributed by atoms with Crippen molar-refractivity contribution < 1.29 is 14.2 Å². The number of nitrogens with zero attached hydrogens (tertiary/aromatic N) is 2. The molecule has 0 aromatic heterocycles. The monoisotopic (exact) mass is 412 g/mol. The number of methoxy groups -OCH3 is 3. The molecule has 30 heavy (non-hydrogen) atoms. The number of aliphatic imine (C=N–C) groups is 1. The van der Waals surface area contributed by atoms with Gasteiger partial charge in [0.25, 0.3) is 0 Å². The van der Waals surface area contributed by atoms with Gasteiger partial charge in [0.05, 0.1) is 21.3 Å². The predicted molar refractivity (Wildman–Crippen MR) is 121 cm³/mol. The molecule has 2 aromatic rings. The van der Waals surface area contributed by atoms with E-state index in [1.54, 1.807) is 28.4 Å². The molecule has 1 fully saturated rings. The van der Waals surface area contributed by atoms with Gasteiger partial charge in [0.15, 0.2) is 17.5 Å². The molecule has 0 amide bonds. The highest BCUT2D eigenvalue weighted by Gasteiger charge is 2.23. The highest BCUT2D eigenvalue weighted by molar-refractivity contribution is 5.80. The van der Waals surface area contributed by atoms with Gasteiger partial charge in [-0.25, -0.2) is 0 Å². The van der Waals surface area contributed by atoms with Gasteiger partial charge in [-0.2, -0.15) is 0 Å². The average molecular weight is 413 g/mol. The first-order chi connectivity index (χ1) is 14.6. The van der Waals surface area contributed by atoms with E-state index in [2.05, 4.69) is 51.7 Å².